The van der Waals surface area contributed by atoms with Gasteiger partial charge in [-0.25, -0.2) is 0 Å². The maximum absolute atomic E-state index is 6.02. The highest BCUT2D eigenvalue weighted by molar-refractivity contribution is 8.09. The molecule has 0 aromatic carbocycles. The Balaban J connectivity index is 2.35. The average molecular weight is 203 g/mol. The first kappa shape index (κ1) is 8.38. The van der Waals surface area contributed by atoms with E-state index in [9.17, 15) is 0 Å². The van der Waals surface area contributed by atoms with Crippen molar-refractivity contribution >= 4 is 46.7 Å². The molecule has 0 bridgehead atoms. The summed E-state index contributed by atoms with van der Waals surface area (Å²) in [4.78, 5) is 0. The molecule has 1 aliphatic heterocycles. The Bertz CT molecular complexity index is 95.1. The molecule has 1 fully saturated rings. The van der Waals surface area contributed by atoms with Gasteiger partial charge in [-0.2, -0.15) is 0 Å². The van der Waals surface area contributed by atoms with Gasteiger partial charge in [-0.15, -0.1) is 46.7 Å². The van der Waals surface area contributed by atoms with Gasteiger partial charge in [0.05, 0.1) is 8.92 Å². The second kappa shape index (κ2) is 3.12. The smallest absolute Gasteiger partial charge is 0.0959 e. The fourth-order valence-electron chi connectivity index (χ4n) is 0.568. The molecular formula is C5H8Cl2S2. The molecule has 1 heterocycles. The van der Waals surface area contributed by atoms with Gasteiger partial charge >= 0.3 is 0 Å². The summed E-state index contributed by atoms with van der Waals surface area (Å²) < 4.78 is 0.192. The molecule has 1 rings (SSSR count). The Morgan fingerprint density at radius 1 is 1.67 bits per heavy atom. The Hall–Kier alpha value is 1.28. The molecule has 2 atom stereocenters. The van der Waals surface area contributed by atoms with Crippen molar-refractivity contribution < 1.29 is 0 Å². The van der Waals surface area contributed by atoms with Crippen molar-refractivity contribution in [3.05, 3.63) is 0 Å². The molecule has 0 aromatic heterocycles. The van der Waals surface area contributed by atoms with Crippen molar-refractivity contribution in [2.75, 3.05) is 11.5 Å². The van der Waals surface area contributed by atoms with Gasteiger partial charge in [0.25, 0.3) is 0 Å². The highest BCUT2D eigenvalue weighted by Crippen LogP contribution is 2.41. The topological polar surface area (TPSA) is 0 Å². The zero-order valence-corrected chi connectivity index (χ0v) is 8.21. The molecule has 0 spiro atoms. The van der Waals surface area contributed by atoms with Crippen LogP contribution in [0, 0.1) is 0 Å². The minimum Gasteiger partial charge on any atom is -0.139 e. The number of hydrogen-bond donors (Lipinski definition) is 0. The fourth-order valence-corrected chi connectivity index (χ4v) is 3.41. The molecule has 0 N–H and O–H groups in total. The van der Waals surface area contributed by atoms with Crippen LogP contribution in [0.2, 0.25) is 0 Å². The summed E-state index contributed by atoms with van der Waals surface area (Å²) in [6, 6.07) is 0. The van der Waals surface area contributed by atoms with E-state index in [2.05, 4.69) is 0 Å². The van der Waals surface area contributed by atoms with Crippen molar-refractivity contribution in [1.82, 2.24) is 0 Å². The van der Waals surface area contributed by atoms with E-state index in [0.717, 1.165) is 11.5 Å². The van der Waals surface area contributed by atoms with E-state index < -0.39 is 0 Å². The lowest BCUT2D eigenvalue weighted by molar-refractivity contribution is 1.01. The van der Waals surface area contributed by atoms with E-state index in [1.54, 1.807) is 23.5 Å². The van der Waals surface area contributed by atoms with E-state index in [-0.39, 0.29) is 8.92 Å². The monoisotopic (exact) mass is 202 g/mol. The van der Waals surface area contributed by atoms with Crippen LogP contribution in [0.25, 0.3) is 0 Å². The summed E-state index contributed by atoms with van der Waals surface area (Å²) in [7, 11) is 0. The Kier molecular flexibility index (Phi) is 2.90. The Morgan fingerprint density at radius 2 is 2.33 bits per heavy atom. The molecule has 0 aliphatic carbocycles. The van der Waals surface area contributed by atoms with Crippen LogP contribution in [-0.4, -0.2) is 20.4 Å². The predicted molar refractivity (Wildman–Crippen MR) is 48.8 cm³/mol. The van der Waals surface area contributed by atoms with Crippen LogP contribution in [0.3, 0.4) is 0 Å². The molecule has 0 amide bonds. The largest absolute Gasteiger partial charge is 0.139 e. The van der Waals surface area contributed by atoms with Gasteiger partial charge in [0.15, 0.2) is 0 Å². The van der Waals surface area contributed by atoms with E-state index in [4.69, 9.17) is 23.2 Å². The standard InChI is InChI=1S/C5H8Cl2S2/c1-5(7)3-8-4(6)2-9-5/h4H,2-3H2,1H3. The molecule has 0 radical (unpaired) electrons. The summed E-state index contributed by atoms with van der Waals surface area (Å²) in [5.74, 6) is 1.92. The average Bonchev–Trinajstić information content (AvgIpc) is 1.78. The van der Waals surface area contributed by atoms with Crippen LogP contribution in [0.5, 0.6) is 0 Å². The fraction of sp³-hybridized carbons (Fsp3) is 1.00. The quantitative estimate of drug-likeness (QED) is 0.555. The van der Waals surface area contributed by atoms with Gasteiger partial charge in [0, 0.05) is 11.5 Å². The summed E-state index contributed by atoms with van der Waals surface area (Å²) in [6.07, 6.45) is 0. The summed E-state index contributed by atoms with van der Waals surface area (Å²) >= 11 is 15.3. The van der Waals surface area contributed by atoms with Crippen LogP contribution < -0.4 is 0 Å². The number of halogens is 2. The predicted octanol–water partition coefficient (Wildman–Crippen LogP) is 2.99. The first-order valence-corrected chi connectivity index (χ1v) is 5.53. The highest BCUT2D eigenvalue weighted by Gasteiger charge is 2.28. The maximum atomic E-state index is 6.02. The lowest BCUT2D eigenvalue weighted by atomic mass is 10.5. The second-order valence-corrected chi connectivity index (χ2v) is 6.69. The maximum Gasteiger partial charge on any atom is 0.0959 e. The van der Waals surface area contributed by atoms with Gasteiger partial charge < -0.3 is 0 Å². The Morgan fingerprint density at radius 3 is 2.67 bits per heavy atom. The van der Waals surface area contributed by atoms with E-state index in [1.807, 2.05) is 6.92 Å². The number of rotatable bonds is 0. The lowest BCUT2D eigenvalue weighted by Crippen LogP contribution is -2.23. The molecule has 1 aliphatic rings. The highest BCUT2D eigenvalue weighted by atomic mass is 35.5. The minimum atomic E-state index is -0.0734. The second-order valence-electron chi connectivity index (χ2n) is 2.13. The third-order valence-corrected chi connectivity index (χ3v) is 5.28. The van der Waals surface area contributed by atoms with Gasteiger partial charge in [-0.05, 0) is 6.92 Å². The third kappa shape index (κ3) is 2.79. The molecule has 0 nitrogen and oxygen atoms in total. The zero-order chi connectivity index (χ0) is 6.91. The number of hydrogen-bond acceptors (Lipinski definition) is 2. The molecule has 4 heteroatoms. The molecule has 1 saturated heterocycles. The van der Waals surface area contributed by atoms with Crippen molar-refractivity contribution in [3.8, 4) is 0 Å². The SMILES string of the molecule is CC1(Cl)CSC(Cl)CS1. The third-order valence-electron chi connectivity index (χ3n) is 1.04. The molecular weight excluding hydrogens is 195 g/mol. The summed E-state index contributed by atoms with van der Waals surface area (Å²) in [6.45, 7) is 2.04. The first-order valence-electron chi connectivity index (χ1n) is 2.69. The van der Waals surface area contributed by atoms with Crippen LogP contribution in [0.15, 0.2) is 0 Å². The molecule has 9 heavy (non-hydrogen) atoms. The van der Waals surface area contributed by atoms with Gasteiger partial charge in [-0.3, -0.25) is 0 Å². The van der Waals surface area contributed by atoms with Crippen LogP contribution >= 0.6 is 46.7 Å². The van der Waals surface area contributed by atoms with Crippen LogP contribution in [0.1, 0.15) is 6.92 Å². The molecule has 54 valence electrons. The lowest BCUT2D eigenvalue weighted by Gasteiger charge is -2.28. The zero-order valence-electron chi connectivity index (χ0n) is 5.06. The summed E-state index contributed by atoms with van der Waals surface area (Å²) in [5, 5.41) is 0. The van der Waals surface area contributed by atoms with Gasteiger partial charge in [0.2, 0.25) is 0 Å². The van der Waals surface area contributed by atoms with Gasteiger partial charge in [-0.1, -0.05) is 0 Å². The van der Waals surface area contributed by atoms with E-state index in [0.29, 0.717) is 0 Å². The van der Waals surface area contributed by atoms with Crippen molar-refractivity contribution in [1.29, 1.82) is 0 Å². The normalized spacial score (nSPS) is 45.0. The molecule has 2 unspecified atom stereocenters. The van der Waals surface area contributed by atoms with Crippen LogP contribution in [0.4, 0.5) is 0 Å². The summed E-state index contributed by atoms with van der Waals surface area (Å²) in [5.41, 5.74) is 0. The first-order chi connectivity index (χ1) is 4.10. The van der Waals surface area contributed by atoms with Crippen LogP contribution in [-0.2, 0) is 0 Å². The number of thioether (sulfide) groups is 2. The van der Waals surface area contributed by atoms with E-state index >= 15 is 0 Å². The number of alkyl halides is 2. The van der Waals surface area contributed by atoms with Crippen molar-refractivity contribution in [3.63, 3.8) is 0 Å². The van der Waals surface area contributed by atoms with E-state index in [1.165, 1.54) is 0 Å². The van der Waals surface area contributed by atoms with Crippen molar-refractivity contribution in [2.45, 2.75) is 15.8 Å². The molecule has 0 aromatic rings. The molecule has 0 saturated carbocycles. The Labute approximate surface area is 74.0 Å². The minimum absolute atomic E-state index is 0.0734. The van der Waals surface area contributed by atoms with Crippen molar-refractivity contribution in [2.24, 2.45) is 0 Å². The van der Waals surface area contributed by atoms with Gasteiger partial charge in [0.1, 0.15) is 0 Å².